The standard InChI is InChI=1S/C17H18N6O3S/c1-2-27(24,25)22-13-10-23(11-13)15-9-18-8-14(19-15)17-21-20-16(26-17)12-6-4-3-5-7-12/h3-9,13,22H,2,10-11H2,1H3. The summed E-state index contributed by atoms with van der Waals surface area (Å²) in [7, 11) is -3.21. The molecule has 1 aromatic carbocycles. The van der Waals surface area contributed by atoms with Gasteiger partial charge in [0, 0.05) is 18.7 Å². The highest BCUT2D eigenvalue weighted by atomic mass is 32.2. The average Bonchev–Trinajstić information content (AvgIpc) is 3.15. The Morgan fingerprint density at radius 1 is 1.15 bits per heavy atom. The lowest BCUT2D eigenvalue weighted by molar-refractivity contribution is 0.466. The van der Waals surface area contributed by atoms with Gasteiger partial charge in [-0.2, -0.15) is 0 Å². The van der Waals surface area contributed by atoms with Gasteiger partial charge >= 0.3 is 0 Å². The van der Waals surface area contributed by atoms with Crippen LogP contribution in [0.2, 0.25) is 0 Å². The maximum atomic E-state index is 11.6. The first-order chi connectivity index (χ1) is 13.0. The molecule has 4 rings (SSSR count). The molecule has 3 aromatic rings. The van der Waals surface area contributed by atoms with Crippen LogP contribution in [-0.4, -0.2) is 53.5 Å². The fourth-order valence-electron chi connectivity index (χ4n) is 2.71. The second kappa shape index (κ2) is 7.05. The first-order valence-electron chi connectivity index (χ1n) is 8.50. The van der Waals surface area contributed by atoms with Crippen molar-refractivity contribution in [2.75, 3.05) is 23.7 Å². The number of benzene rings is 1. The fourth-order valence-corrected chi connectivity index (χ4v) is 3.54. The number of hydrogen-bond donors (Lipinski definition) is 1. The third kappa shape index (κ3) is 3.81. The predicted molar refractivity (Wildman–Crippen MR) is 99.4 cm³/mol. The zero-order valence-electron chi connectivity index (χ0n) is 14.6. The summed E-state index contributed by atoms with van der Waals surface area (Å²) >= 11 is 0. The molecule has 0 saturated carbocycles. The Labute approximate surface area is 156 Å². The summed E-state index contributed by atoms with van der Waals surface area (Å²) in [5.74, 6) is 1.40. The highest BCUT2D eigenvalue weighted by Gasteiger charge is 2.31. The molecule has 1 aliphatic heterocycles. The molecule has 10 heteroatoms. The molecule has 1 saturated heterocycles. The van der Waals surface area contributed by atoms with Crippen molar-refractivity contribution in [1.29, 1.82) is 0 Å². The van der Waals surface area contributed by atoms with E-state index in [9.17, 15) is 8.42 Å². The van der Waals surface area contributed by atoms with E-state index in [0.29, 0.717) is 30.5 Å². The molecule has 1 N–H and O–H groups in total. The Kier molecular flexibility index (Phi) is 4.58. The molecule has 1 aliphatic rings. The van der Waals surface area contributed by atoms with E-state index in [1.807, 2.05) is 35.2 Å². The van der Waals surface area contributed by atoms with E-state index >= 15 is 0 Å². The summed E-state index contributed by atoms with van der Waals surface area (Å²) in [6.07, 6.45) is 3.19. The van der Waals surface area contributed by atoms with E-state index in [1.165, 1.54) is 0 Å². The number of nitrogens with zero attached hydrogens (tertiary/aromatic N) is 5. The zero-order chi connectivity index (χ0) is 18.9. The lowest BCUT2D eigenvalue weighted by atomic mass is 10.1. The number of anilines is 1. The molecule has 0 atom stereocenters. The van der Waals surface area contributed by atoms with Crippen molar-refractivity contribution >= 4 is 15.8 Å². The maximum absolute atomic E-state index is 11.6. The van der Waals surface area contributed by atoms with Crippen LogP contribution in [0.15, 0.2) is 47.1 Å². The maximum Gasteiger partial charge on any atom is 0.268 e. The minimum atomic E-state index is -3.21. The Bertz CT molecular complexity index is 1030. The summed E-state index contributed by atoms with van der Waals surface area (Å²) in [5, 5.41) is 8.11. The molecule has 0 radical (unpaired) electrons. The number of sulfonamides is 1. The van der Waals surface area contributed by atoms with Gasteiger partial charge in [0.15, 0.2) is 0 Å². The highest BCUT2D eigenvalue weighted by molar-refractivity contribution is 7.89. The van der Waals surface area contributed by atoms with E-state index in [0.717, 1.165) is 5.56 Å². The average molecular weight is 386 g/mol. The molecule has 0 amide bonds. The van der Waals surface area contributed by atoms with Gasteiger partial charge in [-0.1, -0.05) is 18.2 Å². The molecule has 0 aliphatic carbocycles. The van der Waals surface area contributed by atoms with Crippen LogP contribution in [0.1, 0.15) is 6.92 Å². The number of rotatable bonds is 6. The predicted octanol–water partition coefficient (Wildman–Crippen LogP) is 1.32. The Morgan fingerprint density at radius 2 is 1.89 bits per heavy atom. The molecule has 27 heavy (non-hydrogen) atoms. The zero-order valence-corrected chi connectivity index (χ0v) is 15.4. The van der Waals surface area contributed by atoms with Gasteiger partial charge in [0.2, 0.25) is 15.9 Å². The van der Waals surface area contributed by atoms with E-state index in [1.54, 1.807) is 19.3 Å². The van der Waals surface area contributed by atoms with Gasteiger partial charge in [-0.05, 0) is 19.1 Å². The monoisotopic (exact) mass is 386 g/mol. The van der Waals surface area contributed by atoms with Crippen LogP contribution in [-0.2, 0) is 10.0 Å². The molecule has 1 fully saturated rings. The van der Waals surface area contributed by atoms with Crippen molar-refractivity contribution in [3.05, 3.63) is 42.7 Å². The van der Waals surface area contributed by atoms with Gasteiger partial charge in [0.1, 0.15) is 11.5 Å². The van der Waals surface area contributed by atoms with Crippen molar-refractivity contribution in [2.45, 2.75) is 13.0 Å². The van der Waals surface area contributed by atoms with Gasteiger partial charge in [-0.25, -0.2) is 18.1 Å². The molecular formula is C17H18N6O3S. The Hall–Kier alpha value is -2.85. The number of aromatic nitrogens is 4. The Morgan fingerprint density at radius 3 is 2.63 bits per heavy atom. The van der Waals surface area contributed by atoms with Gasteiger partial charge in [0.05, 0.1) is 24.2 Å². The molecule has 0 unspecified atom stereocenters. The number of hydrogen-bond acceptors (Lipinski definition) is 8. The SMILES string of the molecule is CCS(=O)(=O)NC1CN(c2cncc(-c3nnc(-c4ccccc4)o3)n2)C1. The van der Waals surface area contributed by atoms with E-state index in [-0.39, 0.29) is 17.7 Å². The van der Waals surface area contributed by atoms with Crippen molar-refractivity contribution < 1.29 is 12.8 Å². The molecule has 3 heterocycles. The van der Waals surface area contributed by atoms with Crippen LogP contribution in [0.5, 0.6) is 0 Å². The summed E-state index contributed by atoms with van der Waals surface area (Å²) in [6.45, 7) is 2.69. The summed E-state index contributed by atoms with van der Waals surface area (Å²) < 4.78 is 31.6. The summed E-state index contributed by atoms with van der Waals surface area (Å²) in [4.78, 5) is 10.6. The molecule has 0 spiro atoms. The normalized spacial score (nSPS) is 14.9. The molecule has 2 aromatic heterocycles. The minimum absolute atomic E-state index is 0.0691. The molecular weight excluding hydrogens is 368 g/mol. The van der Waals surface area contributed by atoms with Gasteiger partial charge < -0.3 is 9.32 Å². The topological polar surface area (TPSA) is 114 Å². The third-order valence-corrected chi connectivity index (χ3v) is 5.67. The smallest absolute Gasteiger partial charge is 0.268 e. The fraction of sp³-hybridized carbons (Fsp3) is 0.294. The lowest BCUT2D eigenvalue weighted by Crippen LogP contribution is -2.59. The largest absolute Gasteiger partial charge is 0.415 e. The summed E-state index contributed by atoms with van der Waals surface area (Å²) in [5.41, 5.74) is 1.30. The van der Waals surface area contributed by atoms with Crippen LogP contribution in [0.3, 0.4) is 0 Å². The van der Waals surface area contributed by atoms with Crippen molar-refractivity contribution in [2.24, 2.45) is 0 Å². The molecule has 0 bridgehead atoms. The second-order valence-electron chi connectivity index (χ2n) is 6.16. The lowest BCUT2D eigenvalue weighted by Gasteiger charge is -2.39. The third-order valence-electron chi connectivity index (χ3n) is 4.22. The van der Waals surface area contributed by atoms with E-state index < -0.39 is 10.0 Å². The van der Waals surface area contributed by atoms with Gasteiger partial charge in [-0.3, -0.25) is 4.98 Å². The second-order valence-corrected chi connectivity index (χ2v) is 8.21. The van der Waals surface area contributed by atoms with Crippen LogP contribution in [0.25, 0.3) is 23.0 Å². The minimum Gasteiger partial charge on any atom is -0.415 e. The van der Waals surface area contributed by atoms with Gasteiger partial charge in [0.25, 0.3) is 5.89 Å². The van der Waals surface area contributed by atoms with Crippen molar-refractivity contribution in [1.82, 2.24) is 24.9 Å². The van der Waals surface area contributed by atoms with Crippen LogP contribution in [0, 0.1) is 0 Å². The van der Waals surface area contributed by atoms with Crippen LogP contribution >= 0.6 is 0 Å². The molecule has 140 valence electrons. The summed E-state index contributed by atoms with van der Waals surface area (Å²) in [6, 6.07) is 9.36. The van der Waals surface area contributed by atoms with E-state index in [4.69, 9.17) is 4.42 Å². The van der Waals surface area contributed by atoms with Gasteiger partial charge in [-0.15, -0.1) is 10.2 Å². The first-order valence-corrected chi connectivity index (χ1v) is 10.2. The quantitative estimate of drug-likeness (QED) is 0.675. The van der Waals surface area contributed by atoms with Crippen LogP contribution in [0.4, 0.5) is 5.82 Å². The Balaban J connectivity index is 1.47. The van der Waals surface area contributed by atoms with Crippen molar-refractivity contribution in [3.63, 3.8) is 0 Å². The van der Waals surface area contributed by atoms with E-state index in [2.05, 4.69) is 24.9 Å². The number of nitrogens with one attached hydrogen (secondary N) is 1. The van der Waals surface area contributed by atoms with Crippen molar-refractivity contribution in [3.8, 4) is 23.0 Å². The van der Waals surface area contributed by atoms with Crippen LogP contribution < -0.4 is 9.62 Å². The highest BCUT2D eigenvalue weighted by Crippen LogP contribution is 2.25. The first kappa shape index (κ1) is 17.6. The molecule has 9 nitrogen and oxygen atoms in total.